The number of oxime groups is 1. The molecule has 2 heterocycles. The number of aryl methyl sites for hydroxylation is 2. The van der Waals surface area contributed by atoms with E-state index in [0.717, 1.165) is 29.8 Å². The third-order valence-electron chi connectivity index (χ3n) is 3.41. The normalized spacial score (nSPS) is 12.1. The summed E-state index contributed by atoms with van der Waals surface area (Å²) in [6.45, 7) is 0.825. The second-order valence-corrected chi connectivity index (χ2v) is 5.60. The standard InChI is InChI=1S/C15H16N4OS/c16-14(18-20)9-15-17-12-3-1-2-4-13(12)19(15)7-5-11-6-8-21-10-11/h1-4,6,8,10,20H,5,7,9H2,(H2,16,18). The zero-order valence-corrected chi connectivity index (χ0v) is 12.3. The van der Waals surface area contributed by atoms with Gasteiger partial charge in [0.1, 0.15) is 11.7 Å². The molecule has 0 saturated carbocycles. The molecule has 3 N–H and O–H groups in total. The summed E-state index contributed by atoms with van der Waals surface area (Å²) in [5.74, 6) is 0.990. The van der Waals surface area contributed by atoms with Crippen LogP contribution in [-0.4, -0.2) is 20.6 Å². The maximum Gasteiger partial charge on any atom is 0.146 e. The molecule has 0 bridgehead atoms. The average molecular weight is 300 g/mol. The number of para-hydroxylation sites is 2. The number of aromatic nitrogens is 2. The van der Waals surface area contributed by atoms with E-state index in [4.69, 9.17) is 10.9 Å². The highest BCUT2D eigenvalue weighted by molar-refractivity contribution is 7.07. The lowest BCUT2D eigenvalue weighted by molar-refractivity contribution is 0.317. The quantitative estimate of drug-likeness (QED) is 0.329. The minimum atomic E-state index is 0.169. The van der Waals surface area contributed by atoms with E-state index in [1.165, 1.54) is 5.56 Å². The molecule has 2 aromatic heterocycles. The predicted molar refractivity (Wildman–Crippen MR) is 84.9 cm³/mol. The Bertz CT molecular complexity index is 761. The molecule has 0 amide bonds. The number of fused-ring (bicyclic) bond motifs is 1. The van der Waals surface area contributed by atoms with Gasteiger partial charge in [-0.3, -0.25) is 0 Å². The van der Waals surface area contributed by atoms with Crippen molar-refractivity contribution in [2.45, 2.75) is 19.4 Å². The molecule has 1 aromatic carbocycles. The molecule has 0 aliphatic rings. The van der Waals surface area contributed by atoms with Crippen LogP contribution in [0.3, 0.4) is 0 Å². The first-order valence-electron chi connectivity index (χ1n) is 6.69. The van der Waals surface area contributed by atoms with Crippen molar-refractivity contribution in [3.8, 4) is 0 Å². The van der Waals surface area contributed by atoms with Crippen LogP contribution >= 0.6 is 11.3 Å². The zero-order valence-electron chi connectivity index (χ0n) is 11.4. The first-order chi connectivity index (χ1) is 10.3. The van der Waals surface area contributed by atoms with Crippen molar-refractivity contribution in [2.75, 3.05) is 0 Å². The number of thiophene rings is 1. The van der Waals surface area contributed by atoms with Gasteiger partial charge in [-0.1, -0.05) is 17.3 Å². The Labute approximate surface area is 126 Å². The van der Waals surface area contributed by atoms with Crippen molar-refractivity contribution in [1.29, 1.82) is 0 Å². The fraction of sp³-hybridized carbons (Fsp3) is 0.200. The van der Waals surface area contributed by atoms with E-state index >= 15 is 0 Å². The Hall–Kier alpha value is -2.34. The number of nitrogens with zero attached hydrogens (tertiary/aromatic N) is 3. The van der Waals surface area contributed by atoms with Gasteiger partial charge >= 0.3 is 0 Å². The van der Waals surface area contributed by atoms with Gasteiger partial charge in [0.05, 0.1) is 17.5 Å². The van der Waals surface area contributed by atoms with E-state index in [9.17, 15) is 0 Å². The van der Waals surface area contributed by atoms with Crippen molar-refractivity contribution in [3.05, 3.63) is 52.5 Å². The van der Waals surface area contributed by atoms with E-state index in [0.29, 0.717) is 6.42 Å². The summed E-state index contributed by atoms with van der Waals surface area (Å²) in [6.07, 6.45) is 1.28. The van der Waals surface area contributed by atoms with Gasteiger partial charge in [-0.25, -0.2) is 4.98 Å². The summed E-state index contributed by atoms with van der Waals surface area (Å²) in [5, 5.41) is 16.1. The van der Waals surface area contributed by atoms with E-state index in [2.05, 4.69) is 31.5 Å². The lowest BCUT2D eigenvalue weighted by Crippen LogP contribution is -2.18. The summed E-state index contributed by atoms with van der Waals surface area (Å²) >= 11 is 1.70. The van der Waals surface area contributed by atoms with Gasteiger partial charge < -0.3 is 15.5 Å². The van der Waals surface area contributed by atoms with Crippen molar-refractivity contribution < 1.29 is 5.21 Å². The fourth-order valence-electron chi connectivity index (χ4n) is 2.38. The van der Waals surface area contributed by atoms with Gasteiger partial charge in [-0.15, -0.1) is 0 Å². The summed E-state index contributed by atoms with van der Waals surface area (Å²) in [5.41, 5.74) is 8.96. The molecule has 0 atom stereocenters. The Balaban J connectivity index is 1.94. The van der Waals surface area contributed by atoms with Crippen LogP contribution in [0.1, 0.15) is 11.4 Å². The third-order valence-corrected chi connectivity index (χ3v) is 4.14. The maximum atomic E-state index is 8.77. The second kappa shape index (κ2) is 5.97. The predicted octanol–water partition coefficient (Wildman–Crippen LogP) is 2.63. The number of hydrogen-bond donors (Lipinski definition) is 2. The Kier molecular flexibility index (Phi) is 3.87. The zero-order chi connectivity index (χ0) is 14.7. The number of hydrogen-bond acceptors (Lipinski definition) is 4. The highest BCUT2D eigenvalue weighted by Gasteiger charge is 2.12. The van der Waals surface area contributed by atoms with Crippen molar-refractivity contribution in [2.24, 2.45) is 10.9 Å². The average Bonchev–Trinajstić information content (AvgIpc) is 3.12. The number of benzene rings is 1. The lowest BCUT2D eigenvalue weighted by atomic mass is 10.2. The molecular weight excluding hydrogens is 284 g/mol. The van der Waals surface area contributed by atoms with E-state index < -0.39 is 0 Å². The minimum absolute atomic E-state index is 0.169. The smallest absolute Gasteiger partial charge is 0.146 e. The molecule has 108 valence electrons. The van der Waals surface area contributed by atoms with Crippen LogP contribution in [0.5, 0.6) is 0 Å². The van der Waals surface area contributed by atoms with E-state index in [-0.39, 0.29) is 5.84 Å². The highest BCUT2D eigenvalue weighted by atomic mass is 32.1. The molecular formula is C15H16N4OS. The van der Waals surface area contributed by atoms with Gasteiger partial charge in [0.2, 0.25) is 0 Å². The van der Waals surface area contributed by atoms with Crippen LogP contribution in [0.2, 0.25) is 0 Å². The summed E-state index contributed by atoms with van der Waals surface area (Å²) < 4.78 is 2.14. The topological polar surface area (TPSA) is 76.4 Å². The lowest BCUT2D eigenvalue weighted by Gasteiger charge is -2.08. The molecule has 0 radical (unpaired) electrons. The highest BCUT2D eigenvalue weighted by Crippen LogP contribution is 2.18. The second-order valence-electron chi connectivity index (χ2n) is 4.82. The van der Waals surface area contributed by atoms with Crippen LogP contribution < -0.4 is 5.73 Å². The van der Waals surface area contributed by atoms with Crippen molar-refractivity contribution >= 4 is 28.2 Å². The summed E-state index contributed by atoms with van der Waals surface area (Å²) in [4.78, 5) is 4.59. The Morgan fingerprint density at radius 1 is 1.33 bits per heavy atom. The summed E-state index contributed by atoms with van der Waals surface area (Å²) in [6, 6.07) is 10.1. The molecule has 3 aromatic rings. The van der Waals surface area contributed by atoms with Crippen LogP contribution in [-0.2, 0) is 19.4 Å². The Morgan fingerprint density at radius 2 is 2.19 bits per heavy atom. The van der Waals surface area contributed by atoms with E-state index in [1.54, 1.807) is 11.3 Å². The summed E-state index contributed by atoms with van der Waals surface area (Å²) in [7, 11) is 0. The van der Waals surface area contributed by atoms with Gasteiger partial charge in [0, 0.05) is 6.54 Å². The van der Waals surface area contributed by atoms with Gasteiger partial charge in [0.15, 0.2) is 0 Å². The van der Waals surface area contributed by atoms with Crippen LogP contribution in [0.25, 0.3) is 11.0 Å². The third kappa shape index (κ3) is 2.90. The molecule has 21 heavy (non-hydrogen) atoms. The van der Waals surface area contributed by atoms with Crippen molar-refractivity contribution in [3.63, 3.8) is 0 Å². The molecule has 0 spiro atoms. The molecule has 0 saturated heterocycles. The SMILES string of the molecule is NC(Cc1nc2ccccc2n1CCc1ccsc1)=NO. The largest absolute Gasteiger partial charge is 0.409 e. The number of nitrogens with two attached hydrogens (primary N) is 1. The maximum absolute atomic E-state index is 8.77. The van der Waals surface area contributed by atoms with Gasteiger partial charge in [-0.05, 0) is 40.9 Å². The molecule has 5 nitrogen and oxygen atoms in total. The molecule has 0 unspecified atom stereocenters. The van der Waals surface area contributed by atoms with Crippen LogP contribution in [0, 0.1) is 0 Å². The molecule has 6 heteroatoms. The monoisotopic (exact) mass is 300 g/mol. The number of rotatable bonds is 5. The van der Waals surface area contributed by atoms with Gasteiger partial charge in [0.25, 0.3) is 0 Å². The minimum Gasteiger partial charge on any atom is -0.409 e. The molecule has 0 aliphatic carbocycles. The molecule has 0 fully saturated rings. The van der Waals surface area contributed by atoms with Crippen LogP contribution in [0.4, 0.5) is 0 Å². The first kappa shape index (κ1) is 13.6. The van der Waals surface area contributed by atoms with Crippen LogP contribution in [0.15, 0.2) is 46.2 Å². The van der Waals surface area contributed by atoms with Gasteiger partial charge in [-0.2, -0.15) is 11.3 Å². The number of amidine groups is 1. The molecule has 3 rings (SSSR count). The fourth-order valence-corrected chi connectivity index (χ4v) is 3.09. The van der Waals surface area contributed by atoms with E-state index in [1.807, 2.05) is 24.3 Å². The molecule has 0 aliphatic heterocycles. The van der Waals surface area contributed by atoms with Crippen molar-refractivity contribution in [1.82, 2.24) is 9.55 Å². The number of imidazole rings is 1. The Morgan fingerprint density at radius 3 is 2.95 bits per heavy atom. The first-order valence-corrected chi connectivity index (χ1v) is 7.64.